The van der Waals surface area contributed by atoms with Crippen LogP contribution in [-0.4, -0.2) is 56.7 Å². The zero-order chi connectivity index (χ0) is 21.9. The smallest absolute Gasteiger partial charge is 0.257 e. The fourth-order valence-corrected chi connectivity index (χ4v) is 3.90. The summed E-state index contributed by atoms with van der Waals surface area (Å²) in [5, 5.41) is 4.80. The minimum atomic E-state index is -0.00385. The Morgan fingerprint density at radius 1 is 0.844 bits per heavy atom. The first-order valence-electron chi connectivity index (χ1n) is 10.7. The van der Waals surface area contributed by atoms with Gasteiger partial charge in [-0.3, -0.25) is 4.79 Å². The van der Waals surface area contributed by atoms with Crippen molar-refractivity contribution in [2.24, 2.45) is 0 Å². The van der Waals surface area contributed by atoms with Crippen molar-refractivity contribution in [3.8, 4) is 16.9 Å². The lowest BCUT2D eigenvalue weighted by Gasteiger charge is -2.34. The molecule has 0 radical (unpaired) electrons. The molecule has 1 aliphatic rings. The Bertz CT molecular complexity index is 1200. The Kier molecular flexibility index (Phi) is 5.37. The lowest BCUT2D eigenvalue weighted by Crippen LogP contribution is -2.49. The largest absolute Gasteiger partial charge is 0.337 e. The van der Waals surface area contributed by atoms with Crippen molar-refractivity contribution in [2.45, 2.75) is 6.92 Å². The van der Waals surface area contributed by atoms with Gasteiger partial charge in [-0.1, -0.05) is 48.0 Å². The Balaban J connectivity index is 1.43. The molecule has 4 aromatic rings. The van der Waals surface area contributed by atoms with Crippen LogP contribution in [0.4, 0.5) is 5.95 Å². The molecule has 0 atom stereocenters. The molecule has 0 N–H and O–H groups in total. The number of amides is 1. The molecule has 7 heteroatoms. The average Bonchev–Trinajstić information content (AvgIpc) is 3.31. The van der Waals surface area contributed by atoms with E-state index in [1.54, 1.807) is 23.1 Å². The van der Waals surface area contributed by atoms with Crippen molar-refractivity contribution in [3.63, 3.8) is 0 Å². The molecule has 1 saturated heterocycles. The minimum Gasteiger partial charge on any atom is -0.337 e. The van der Waals surface area contributed by atoms with Gasteiger partial charge in [-0.25, -0.2) is 14.6 Å². The summed E-state index contributed by atoms with van der Waals surface area (Å²) in [6.45, 7) is 4.67. The quantitative estimate of drug-likeness (QED) is 0.501. The highest BCUT2D eigenvalue weighted by Gasteiger charge is 2.27. The van der Waals surface area contributed by atoms with Crippen LogP contribution in [-0.2, 0) is 0 Å². The van der Waals surface area contributed by atoms with Gasteiger partial charge in [0.05, 0.1) is 11.3 Å². The molecule has 5 rings (SSSR count). The number of rotatable bonds is 4. The molecule has 2 aromatic heterocycles. The van der Waals surface area contributed by atoms with Crippen molar-refractivity contribution in [3.05, 3.63) is 90.4 Å². The third kappa shape index (κ3) is 3.97. The van der Waals surface area contributed by atoms with Crippen molar-refractivity contribution in [1.29, 1.82) is 0 Å². The van der Waals surface area contributed by atoms with Gasteiger partial charge < -0.3 is 9.80 Å². The highest BCUT2D eigenvalue weighted by molar-refractivity contribution is 6.00. The van der Waals surface area contributed by atoms with Gasteiger partial charge in [0.15, 0.2) is 0 Å². The molecule has 0 saturated carbocycles. The molecule has 0 aliphatic carbocycles. The van der Waals surface area contributed by atoms with Crippen LogP contribution in [0.2, 0.25) is 0 Å². The van der Waals surface area contributed by atoms with Crippen molar-refractivity contribution in [2.75, 3.05) is 31.1 Å². The van der Waals surface area contributed by atoms with Gasteiger partial charge in [0.2, 0.25) is 5.95 Å². The average molecular weight is 425 g/mol. The maximum atomic E-state index is 13.6. The zero-order valence-electron chi connectivity index (χ0n) is 17.9. The molecule has 7 nitrogen and oxygen atoms in total. The van der Waals surface area contributed by atoms with Gasteiger partial charge in [0.25, 0.3) is 5.91 Å². The van der Waals surface area contributed by atoms with Crippen molar-refractivity contribution >= 4 is 11.9 Å². The molecular weight excluding hydrogens is 400 g/mol. The second-order valence-corrected chi connectivity index (χ2v) is 7.87. The predicted octanol–water partition coefficient (Wildman–Crippen LogP) is 3.60. The van der Waals surface area contributed by atoms with Gasteiger partial charge in [-0.05, 0) is 25.1 Å². The van der Waals surface area contributed by atoms with Crippen LogP contribution < -0.4 is 4.90 Å². The third-order valence-corrected chi connectivity index (χ3v) is 5.69. The number of aryl methyl sites for hydroxylation is 1. The highest BCUT2D eigenvalue weighted by Crippen LogP contribution is 2.25. The van der Waals surface area contributed by atoms with E-state index >= 15 is 0 Å². The maximum absolute atomic E-state index is 13.6. The van der Waals surface area contributed by atoms with E-state index in [9.17, 15) is 4.79 Å². The van der Waals surface area contributed by atoms with Crippen LogP contribution in [0.3, 0.4) is 0 Å². The summed E-state index contributed by atoms with van der Waals surface area (Å²) in [4.78, 5) is 26.2. The summed E-state index contributed by atoms with van der Waals surface area (Å²) in [5.74, 6) is 0.701. The summed E-state index contributed by atoms with van der Waals surface area (Å²) in [7, 11) is 0. The standard InChI is InChI=1S/C25H24N6O/c1-19-8-10-21(11-9-19)31-18-22(23(28-31)20-6-3-2-4-7-20)24(32)29-14-16-30(17-15-29)25-26-12-5-13-27-25/h2-13,18H,14-17H2,1H3. The highest BCUT2D eigenvalue weighted by atomic mass is 16.2. The lowest BCUT2D eigenvalue weighted by atomic mass is 10.1. The SMILES string of the molecule is Cc1ccc(-n2cc(C(=O)N3CCN(c4ncccn4)CC3)c(-c3ccccc3)n2)cc1. The number of carbonyl (C=O) groups excluding carboxylic acids is 1. The summed E-state index contributed by atoms with van der Waals surface area (Å²) in [5.41, 5.74) is 4.35. The number of aromatic nitrogens is 4. The minimum absolute atomic E-state index is 0.00385. The van der Waals surface area contributed by atoms with E-state index < -0.39 is 0 Å². The Morgan fingerprint density at radius 3 is 2.22 bits per heavy atom. The van der Waals surface area contributed by atoms with Gasteiger partial charge in [-0.2, -0.15) is 5.10 Å². The number of hydrogen-bond donors (Lipinski definition) is 0. The third-order valence-electron chi connectivity index (χ3n) is 5.69. The van der Waals surface area contributed by atoms with Crippen molar-refractivity contribution in [1.82, 2.24) is 24.6 Å². The molecule has 0 spiro atoms. The van der Waals surface area contributed by atoms with Crippen LogP contribution in [0.1, 0.15) is 15.9 Å². The first kappa shape index (κ1) is 19.9. The van der Waals surface area contributed by atoms with E-state index in [0.717, 1.165) is 11.3 Å². The first-order valence-corrected chi connectivity index (χ1v) is 10.7. The molecular formula is C25H24N6O. The van der Waals surface area contributed by atoms with Crippen LogP contribution in [0, 0.1) is 6.92 Å². The second kappa shape index (κ2) is 8.63. The first-order chi connectivity index (χ1) is 15.7. The number of hydrogen-bond acceptors (Lipinski definition) is 5. The van der Waals surface area contributed by atoms with Gasteiger partial charge >= 0.3 is 0 Å². The number of benzene rings is 2. The van der Waals surface area contributed by atoms with E-state index in [-0.39, 0.29) is 5.91 Å². The Labute approximate surface area is 187 Å². The van der Waals surface area contributed by atoms with Gasteiger partial charge in [0, 0.05) is 50.3 Å². The number of carbonyl (C=O) groups is 1. The van der Waals surface area contributed by atoms with Crippen molar-refractivity contribution < 1.29 is 4.79 Å². The predicted molar refractivity (Wildman–Crippen MR) is 124 cm³/mol. The molecule has 1 amide bonds. The van der Waals surface area contributed by atoms with Crippen LogP contribution >= 0.6 is 0 Å². The molecule has 32 heavy (non-hydrogen) atoms. The number of anilines is 1. The fourth-order valence-electron chi connectivity index (χ4n) is 3.90. The fraction of sp³-hybridized carbons (Fsp3) is 0.200. The molecule has 160 valence electrons. The molecule has 1 aliphatic heterocycles. The summed E-state index contributed by atoms with van der Waals surface area (Å²) in [6.07, 6.45) is 5.33. The number of nitrogens with zero attached hydrogens (tertiary/aromatic N) is 6. The van der Waals surface area contributed by atoms with E-state index in [4.69, 9.17) is 5.10 Å². The van der Waals surface area contributed by atoms with Gasteiger partial charge in [0.1, 0.15) is 5.69 Å². The Morgan fingerprint density at radius 2 is 1.53 bits per heavy atom. The maximum Gasteiger partial charge on any atom is 0.257 e. The van der Waals surface area contributed by atoms with Crippen LogP contribution in [0.5, 0.6) is 0 Å². The zero-order valence-corrected chi connectivity index (χ0v) is 17.9. The lowest BCUT2D eigenvalue weighted by molar-refractivity contribution is 0.0747. The van der Waals surface area contributed by atoms with Crippen LogP contribution in [0.15, 0.2) is 79.3 Å². The van der Waals surface area contributed by atoms with E-state index in [1.165, 1.54) is 5.56 Å². The topological polar surface area (TPSA) is 67.2 Å². The van der Waals surface area contributed by atoms with E-state index in [1.807, 2.05) is 65.7 Å². The number of piperazine rings is 1. The summed E-state index contributed by atoms with van der Waals surface area (Å²) >= 11 is 0. The second-order valence-electron chi connectivity index (χ2n) is 7.87. The monoisotopic (exact) mass is 424 g/mol. The van der Waals surface area contributed by atoms with E-state index in [0.29, 0.717) is 43.4 Å². The Hall–Kier alpha value is -4.00. The molecule has 2 aromatic carbocycles. The van der Waals surface area contributed by atoms with E-state index in [2.05, 4.69) is 21.8 Å². The molecule has 0 unspecified atom stereocenters. The summed E-state index contributed by atoms with van der Waals surface area (Å²) < 4.78 is 1.79. The van der Waals surface area contributed by atoms with Crippen LogP contribution in [0.25, 0.3) is 16.9 Å². The molecule has 3 heterocycles. The molecule has 1 fully saturated rings. The molecule has 0 bridgehead atoms. The van der Waals surface area contributed by atoms with Gasteiger partial charge in [-0.15, -0.1) is 0 Å². The normalized spacial score (nSPS) is 13.9. The summed E-state index contributed by atoms with van der Waals surface area (Å²) in [6, 6.07) is 19.8.